The Morgan fingerprint density at radius 3 is 0.753 bits per heavy atom. The van der Waals surface area contributed by atoms with Crippen LogP contribution in [0.15, 0.2) is 85.1 Å². The third kappa shape index (κ3) is 67.3. The molecule has 1 atom stereocenters. The molecule has 0 bridgehead atoms. The number of carbonyl (C=O) groups is 3. The normalized spacial score (nSPS) is 12.6. The van der Waals surface area contributed by atoms with E-state index >= 15 is 0 Å². The van der Waals surface area contributed by atoms with E-state index in [0.717, 1.165) is 103 Å². The van der Waals surface area contributed by atoms with Crippen LogP contribution >= 0.6 is 0 Å². The molecule has 0 amide bonds. The van der Waals surface area contributed by atoms with Gasteiger partial charge >= 0.3 is 17.9 Å². The molecular weight excluding hydrogens is 997 g/mol. The molecule has 0 aromatic heterocycles. The van der Waals surface area contributed by atoms with E-state index in [4.69, 9.17) is 14.2 Å². The molecule has 0 saturated heterocycles. The Hall–Kier alpha value is -3.41. The molecule has 0 fully saturated rings. The average Bonchev–Trinajstić information content (AvgIpc) is 3.47. The summed E-state index contributed by atoms with van der Waals surface area (Å²) < 4.78 is 16.9. The van der Waals surface area contributed by atoms with Crippen molar-refractivity contribution in [1.82, 2.24) is 0 Å². The fourth-order valence-corrected chi connectivity index (χ4v) is 10.2. The summed E-state index contributed by atoms with van der Waals surface area (Å²) in [4.78, 5) is 38.1. The smallest absolute Gasteiger partial charge is 0.306 e. The van der Waals surface area contributed by atoms with E-state index in [1.54, 1.807) is 0 Å². The lowest BCUT2D eigenvalue weighted by molar-refractivity contribution is -0.167. The summed E-state index contributed by atoms with van der Waals surface area (Å²) in [5.41, 5.74) is 0. The van der Waals surface area contributed by atoms with Gasteiger partial charge in [0.2, 0.25) is 0 Å². The van der Waals surface area contributed by atoms with Crippen LogP contribution < -0.4 is 0 Å². The zero-order valence-corrected chi connectivity index (χ0v) is 53.8. The predicted molar refractivity (Wildman–Crippen MR) is 353 cm³/mol. The predicted octanol–water partition coefficient (Wildman–Crippen LogP) is 24.2. The van der Waals surface area contributed by atoms with Crippen molar-refractivity contribution in [2.45, 2.75) is 361 Å². The SMILES string of the molecule is CC/C=C\C/C=C\C/C=C\C/C=C\CCCCCCCCCCCCCCCCCCCCCCCCC(=O)OCC(COC(=O)CCCCCCCCC)OC(=O)CCCCCCCC/C=C\C/C=C\C/C=C\CCCCCCC. The summed E-state index contributed by atoms with van der Waals surface area (Å²) in [6.07, 6.45) is 92.2. The first kappa shape index (κ1) is 77.6. The Bertz CT molecular complexity index is 1530. The average molecular weight is 1130 g/mol. The van der Waals surface area contributed by atoms with Gasteiger partial charge in [-0.3, -0.25) is 14.4 Å². The molecule has 0 aliphatic carbocycles. The number of rotatable bonds is 64. The molecule has 0 aromatic rings. The number of esters is 3. The van der Waals surface area contributed by atoms with Crippen LogP contribution in [0, 0.1) is 0 Å². The molecule has 0 aliphatic heterocycles. The van der Waals surface area contributed by atoms with Crippen LogP contribution in [0.5, 0.6) is 0 Å². The minimum absolute atomic E-state index is 0.0769. The molecule has 468 valence electrons. The molecular formula is C75H132O6. The highest BCUT2D eigenvalue weighted by Crippen LogP contribution is 2.18. The van der Waals surface area contributed by atoms with Crippen molar-refractivity contribution in [1.29, 1.82) is 0 Å². The summed E-state index contributed by atoms with van der Waals surface area (Å²) in [6, 6.07) is 0. The van der Waals surface area contributed by atoms with Gasteiger partial charge in [0.1, 0.15) is 13.2 Å². The fourth-order valence-electron chi connectivity index (χ4n) is 10.2. The first-order chi connectivity index (χ1) is 40.0. The molecule has 0 aromatic carbocycles. The lowest BCUT2D eigenvalue weighted by atomic mass is 10.0. The van der Waals surface area contributed by atoms with Crippen LogP contribution in [0.4, 0.5) is 0 Å². The van der Waals surface area contributed by atoms with E-state index in [1.807, 2.05) is 0 Å². The van der Waals surface area contributed by atoms with Gasteiger partial charge in [-0.1, -0.05) is 324 Å². The van der Waals surface area contributed by atoms with Gasteiger partial charge in [-0.2, -0.15) is 0 Å². The van der Waals surface area contributed by atoms with Gasteiger partial charge in [-0.15, -0.1) is 0 Å². The standard InChI is InChI=1S/C75H132O6/c1-4-7-10-13-16-18-20-22-24-26-28-30-31-32-33-34-35-36-37-38-39-40-41-42-43-45-46-48-50-52-54-56-59-62-65-68-74(77)80-71-72(70-79-73(76)67-64-61-58-15-12-9-6-3)81-75(78)69-66-63-60-57-55-53-51-49-47-44-29-27-25-23-21-19-17-14-11-8-5-2/h7,10,16,18,21-24,27-30,47,49,72H,4-6,8-9,11-15,17,19-20,25-26,31-46,48,50-71H2,1-3H3/b10-7-,18-16-,23-21-,24-22-,29-27-,30-28-,49-47-. The Balaban J connectivity index is 4.00. The Kier molecular flexibility index (Phi) is 66.2. The van der Waals surface area contributed by atoms with E-state index in [2.05, 4.69) is 106 Å². The number of ether oxygens (including phenoxy) is 3. The lowest BCUT2D eigenvalue weighted by Gasteiger charge is -2.18. The molecule has 0 rings (SSSR count). The summed E-state index contributed by atoms with van der Waals surface area (Å²) in [5, 5.41) is 0. The lowest BCUT2D eigenvalue weighted by Crippen LogP contribution is -2.30. The van der Waals surface area contributed by atoms with Crippen LogP contribution in [0.25, 0.3) is 0 Å². The van der Waals surface area contributed by atoms with Gasteiger partial charge in [-0.05, 0) is 96.3 Å². The zero-order chi connectivity index (χ0) is 58.5. The van der Waals surface area contributed by atoms with Crippen LogP contribution in [0.2, 0.25) is 0 Å². The molecule has 81 heavy (non-hydrogen) atoms. The van der Waals surface area contributed by atoms with Gasteiger partial charge in [-0.25, -0.2) is 0 Å². The zero-order valence-electron chi connectivity index (χ0n) is 53.8. The van der Waals surface area contributed by atoms with Crippen LogP contribution in [-0.2, 0) is 28.6 Å². The van der Waals surface area contributed by atoms with Crippen molar-refractivity contribution >= 4 is 17.9 Å². The molecule has 0 radical (unpaired) electrons. The highest BCUT2D eigenvalue weighted by molar-refractivity contribution is 5.71. The molecule has 0 spiro atoms. The van der Waals surface area contributed by atoms with Crippen molar-refractivity contribution in [3.05, 3.63) is 85.1 Å². The largest absolute Gasteiger partial charge is 0.462 e. The number of carbonyl (C=O) groups excluding carboxylic acids is 3. The van der Waals surface area contributed by atoms with E-state index < -0.39 is 6.10 Å². The van der Waals surface area contributed by atoms with Gasteiger partial charge < -0.3 is 14.2 Å². The topological polar surface area (TPSA) is 78.9 Å². The number of unbranched alkanes of at least 4 members (excludes halogenated alkanes) is 39. The minimum atomic E-state index is -0.779. The fraction of sp³-hybridized carbons (Fsp3) is 0.773. The van der Waals surface area contributed by atoms with Crippen molar-refractivity contribution in [3.8, 4) is 0 Å². The summed E-state index contributed by atoms with van der Waals surface area (Å²) in [5.74, 6) is -0.879. The minimum Gasteiger partial charge on any atom is -0.462 e. The molecule has 1 unspecified atom stereocenters. The molecule has 0 heterocycles. The monoisotopic (exact) mass is 1130 g/mol. The first-order valence-electron chi connectivity index (χ1n) is 35.1. The maximum atomic E-state index is 12.9. The molecule has 0 saturated carbocycles. The molecule has 0 N–H and O–H groups in total. The van der Waals surface area contributed by atoms with Gasteiger partial charge in [0, 0.05) is 19.3 Å². The quantitative estimate of drug-likeness (QED) is 0.0261. The molecule has 6 heteroatoms. The Labute approximate surface area is 503 Å². The number of allylic oxidation sites excluding steroid dienone is 14. The molecule has 0 aliphatic rings. The maximum absolute atomic E-state index is 12.9. The second-order valence-electron chi connectivity index (χ2n) is 23.4. The van der Waals surface area contributed by atoms with Gasteiger partial charge in [0.05, 0.1) is 0 Å². The van der Waals surface area contributed by atoms with Crippen molar-refractivity contribution in [2.75, 3.05) is 13.2 Å². The highest BCUT2D eigenvalue weighted by Gasteiger charge is 2.19. The number of hydrogen-bond donors (Lipinski definition) is 0. The molecule has 6 nitrogen and oxygen atoms in total. The van der Waals surface area contributed by atoms with E-state index in [1.165, 1.54) is 212 Å². The van der Waals surface area contributed by atoms with Crippen LogP contribution in [-0.4, -0.2) is 37.2 Å². The van der Waals surface area contributed by atoms with E-state index in [-0.39, 0.29) is 31.1 Å². The summed E-state index contributed by atoms with van der Waals surface area (Å²) in [7, 11) is 0. The van der Waals surface area contributed by atoms with Crippen LogP contribution in [0.1, 0.15) is 355 Å². The highest BCUT2D eigenvalue weighted by atomic mass is 16.6. The number of hydrogen-bond acceptors (Lipinski definition) is 6. The van der Waals surface area contributed by atoms with Crippen LogP contribution in [0.3, 0.4) is 0 Å². The summed E-state index contributed by atoms with van der Waals surface area (Å²) >= 11 is 0. The first-order valence-corrected chi connectivity index (χ1v) is 35.1. The Morgan fingerprint density at radius 2 is 0.481 bits per heavy atom. The van der Waals surface area contributed by atoms with Crippen molar-refractivity contribution in [2.24, 2.45) is 0 Å². The maximum Gasteiger partial charge on any atom is 0.306 e. The third-order valence-corrected chi connectivity index (χ3v) is 15.4. The Morgan fingerprint density at radius 1 is 0.259 bits per heavy atom. The van der Waals surface area contributed by atoms with Gasteiger partial charge in [0.25, 0.3) is 0 Å². The van der Waals surface area contributed by atoms with Crippen molar-refractivity contribution < 1.29 is 28.6 Å². The second kappa shape index (κ2) is 69.1. The second-order valence-corrected chi connectivity index (χ2v) is 23.4. The van der Waals surface area contributed by atoms with Gasteiger partial charge in [0.15, 0.2) is 6.10 Å². The van der Waals surface area contributed by atoms with Crippen molar-refractivity contribution in [3.63, 3.8) is 0 Å². The van der Waals surface area contributed by atoms with E-state index in [9.17, 15) is 14.4 Å². The van der Waals surface area contributed by atoms with E-state index in [0.29, 0.717) is 19.3 Å². The summed E-state index contributed by atoms with van der Waals surface area (Å²) in [6.45, 7) is 6.50. The third-order valence-electron chi connectivity index (χ3n) is 15.4.